The first-order chi connectivity index (χ1) is 17.0. The van der Waals surface area contributed by atoms with Crippen molar-refractivity contribution in [3.05, 3.63) is 76.5 Å². The lowest BCUT2D eigenvalue weighted by atomic mass is 9.73. The number of esters is 1. The number of aryl methyl sites for hydroxylation is 1. The number of ether oxygens (including phenoxy) is 3. The van der Waals surface area contributed by atoms with E-state index in [2.05, 4.69) is 0 Å². The highest BCUT2D eigenvalue weighted by atomic mass is 16.6. The van der Waals surface area contributed by atoms with Crippen LogP contribution in [-0.4, -0.2) is 24.1 Å². The summed E-state index contributed by atoms with van der Waals surface area (Å²) in [6, 6.07) is 8.64. The van der Waals surface area contributed by atoms with Gasteiger partial charge in [-0.15, -0.1) is 0 Å². The molecule has 0 spiro atoms. The van der Waals surface area contributed by atoms with Crippen LogP contribution >= 0.6 is 0 Å². The van der Waals surface area contributed by atoms with Crippen LogP contribution in [0, 0.1) is 0 Å². The summed E-state index contributed by atoms with van der Waals surface area (Å²) in [4.78, 5) is 38.8. The molecule has 0 amide bonds. The highest BCUT2D eigenvalue weighted by Gasteiger charge is 2.42. The summed E-state index contributed by atoms with van der Waals surface area (Å²) >= 11 is 0. The second-order valence-electron chi connectivity index (χ2n) is 9.04. The number of Topliss-reactive ketones (excluding diaryl/α,β-unsaturated/α-hetero) is 2. The summed E-state index contributed by atoms with van der Waals surface area (Å²) in [5.74, 6) is 1.10. The molecule has 35 heavy (non-hydrogen) atoms. The zero-order valence-corrected chi connectivity index (χ0v) is 20.0. The Morgan fingerprint density at radius 3 is 2.17 bits per heavy atom. The number of rotatable bonds is 5. The number of aromatic nitrogens is 1. The van der Waals surface area contributed by atoms with Gasteiger partial charge >= 0.3 is 5.97 Å². The molecule has 0 saturated carbocycles. The molecule has 0 fully saturated rings. The number of allylic oxidation sites excluding steroid dienone is 4. The van der Waals surface area contributed by atoms with E-state index in [-0.39, 0.29) is 17.3 Å². The van der Waals surface area contributed by atoms with Gasteiger partial charge in [0.05, 0.1) is 12.2 Å². The Bertz CT molecular complexity index is 1230. The number of hydrogen-bond acceptors (Lipinski definition) is 6. The Kier molecular flexibility index (Phi) is 6.24. The lowest BCUT2D eigenvalue weighted by Crippen LogP contribution is -2.30. The Balaban J connectivity index is 1.55. The van der Waals surface area contributed by atoms with E-state index in [1.54, 1.807) is 36.7 Å². The molecule has 180 valence electrons. The molecule has 3 aliphatic rings. The number of carbonyl (C=O) groups is 3. The van der Waals surface area contributed by atoms with Gasteiger partial charge in [-0.1, -0.05) is 6.07 Å². The minimum absolute atomic E-state index is 0.0203. The molecule has 0 atom stereocenters. The molecule has 0 radical (unpaired) electrons. The molecule has 1 aromatic carbocycles. The maximum Gasteiger partial charge on any atom is 0.344 e. The Hall–Kier alpha value is -3.74. The molecule has 7 nitrogen and oxygen atoms in total. The van der Waals surface area contributed by atoms with Crippen LogP contribution in [0.3, 0.4) is 0 Å². The van der Waals surface area contributed by atoms with Crippen molar-refractivity contribution in [2.75, 3.05) is 6.61 Å². The summed E-state index contributed by atoms with van der Waals surface area (Å²) < 4.78 is 19.4. The van der Waals surface area contributed by atoms with Crippen molar-refractivity contribution >= 4 is 17.5 Å². The maximum absolute atomic E-state index is 13.0. The van der Waals surface area contributed by atoms with Crippen molar-refractivity contribution in [2.45, 2.75) is 51.4 Å². The van der Waals surface area contributed by atoms with Gasteiger partial charge in [-0.3, -0.25) is 9.59 Å². The van der Waals surface area contributed by atoms with Crippen molar-refractivity contribution in [3.63, 3.8) is 0 Å². The van der Waals surface area contributed by atoms with Gasteiger partial charge in [-0.05, 0) is 37.5 Å². The third kappa shape index (κ3) is 4.38. The number of pyridine rings is 1. The van der Waals surface area contributed by atoms with Gasteiger partial charge in [0.25, 0.3) is 0 Å². The highest BCUT2D eigenvalue weighted by Crippen LogP contribution is 2.48. The van der Waals surface area contributed by atoms with Crippen molar-refractivity contribution in [2.24, 2.45) is 7.05 Å². The van der Waals surface area contributed by atoms with Gasteiger partial charge in [0.15, 0.2) is 35.5 Å². The quantitative estimate of drug-likeness (QED) is 0.366. The highest BCUT2D eigenvalue weighted by molar-refractivity contribution is 6.05. The molecule has 2 aliphatic carbocycles. The van der Waals surface area contributed by atoms with Crippen LogP contribution in [0.25, 0.3) is 0 Å². The fourth-order valence-electron chi connectivity index (χ4n) is 5.00. The van der Waals surface area contributed by atoms with E-state index >= 15 is 0 Å². The molecular formula is C28H28NO6+. The molecule has 0 saturated heterocycles. The second-order valence-corrected chi connectivity index (χ2v) is 9.04. The summed E-state index contributed by atoms with van der Waals surface area (Å²) in [5, 5.41) is 0. The topological polar surface area (TPSA) is 82.8 Å². The van der Waals surface area contributed by atoms with Crippen LogP contribution in [0.4, 0.5) is 0 Å². The number of hydrogen-bond donors (Lipinski definition) is 0. The predicted octanol–water partition coefficient (Wildman–Crippen LogP) is 4.26. The fraction of sp³-hybridized carbons (Fsp3) is 0.357. The molecular weight excluding hydrogens is 446 g/mol. The van der Waals surface area contributed by atoms with E-state index in [0.29, 0.717) is 66.3 Å². The minimum atomic E-state index is -0.495. The van der Waals surface area contributed by atoms with Crippen LogP contribution < -0.4 is 14.0 Å². The Labute approximate surface area is 204 Å². The summed E-state index contributed by atoms with van der Waals surface area (Å²) in [6.45, 7) is 2.21. The lowest BCUT2D eigenvalue weighted by Gasteiger charge is -2.36. The van der Waals surface area contributed by atoms with E-state index in [9.17, 15) is 14.4 Å². The van der Waals surface area contributed by atoms with E-state index in [1.807, 2.05) is 24.6 Å². The number of carbonyl (C=O) groups excluding carboxylic acids is 3. The zero-order chi connectivity index (χ0) is 24.5. The summed E-state index contributed by atoms with van der Waals surface area (Å²) in [5.41, 5.74) is 2.34. The van der Waals surface area contributed by atoms with Crippen LogP contribution in [-0.2, 0) is 21.4 Å². The third-order valence-electron chi connectivity index (χ3n) is 6.66. The van der Waals surface area contributed by atoms with E-state index in [1.165, 1.54) is 0 Å². The summed E-state index contributed by atoms with van der Waals surface area (Å²) in [7, 11) is 1.87. The van der Waals surface area contributed by atoms with Crippen molar-refractivity contribution in [3.8, 4) is 11.5 Å². The molecule has 7 heteroatoms. The van der Waals surface area contributed by atoms with Gasteiger partial charge in [-0.2, -0.15) is 0 Å². The smallest absolute Gasteiger partial charge is 0.344 e. The Morgan fingerprint density at radius 2 is 1.57 bits per heavy atom. The average Bonchev–Trinajstić information content (AvgIpc) is 2.85. The lowest BCUT2D eigenvalue weighted by molar-refractivity contribution is -0.671. The van der Waals surface area contributed by atoms with E-state index in [4.69, 9.17) is 14.2 Å². The summed E-state index contributed by atoms with van der Waals surface area (Å²) in [6.07, 6.45) is 7.29. The number of ketones is 2. The molecule has 0 unspecified atom stereocenters. The average molecular weight is 475 g/mol. The zero-order valence-electron chi connectivity index (χ0n) is 20.0. The van der Waals surface area contributed by atoms with Gasteiger partial charge in [-0.25, -0.2) is 9.36 Å². The van der Waals surface area contributed by atoms with Gasteiger partial charge in [0.1, 0.15) is 18.6 Å². The molecule has 0 bridgehead atoms. The van der Waals surface area contributed by atoms with Crippen molar-refractivity contribution < 1.29 is 33.2 Å². The first kappa shape index (κ1) is 23.0. The van der Waals surface area contributed by atoms with Crippen molar-refractivity contribution in [1.29, 1.82) is 0 Å². The van der Waals surface area contributed by atoms with Crippen LogP contribution in [0.15, 0.2) is 65.4 Å². The van der Waals surface area contributed by atoms with Crippen LogP contribution in [0.5, 0.6) is 11.5 Å². The first-order valence-electron chi connectivity index (χ1n) is 12.1. The second kappa shape index (κ2) is 9.49. The van der Waals surface area contributed by atoms with Gasteiger partial charge in [0.2, 0.25) is 0 Å². The standard InChI is InChI=1S/C28H28NO6/c1-3-33-24-16-18(10-11-21(24)35-28(32)17-12-14-29(2)15-13-17)25-26-19(30)6-4-8-22(26)34-23-9-5-7-20(31)27(23)25/h10-16,25H,3-9H2,1-2H3/q+1. The SMILES string of the molecule is CCOc1cc(C2C3=C(CCCC3=O)OC3=C2C(=O)CCC3)ccc1OC(=O)c1cc[n+](C)cc1. The monoisotopic (exact) mass is 474 g/mol. The van der Waals surface area contributed by atoms with Gasteiger partial charge in [0, 0.05) is 54.9 Å². The molecule has 2 heterocycles. The fourth-order valence-corrected chi connectivity index (χ4v) is 5.00. The molecule has 2 aromatic rings. The van der Waals surface area contributed by atoms with Crippen LogP contribution in [0.1, 0.15) is 67.3 Å². The minimum Gasteiger partial charge on any atom is -0.490 e. The molecule has 5 rings (SSSR count). The number of benzene rings is 1. The predicted molar refractivity (Wildman–Crippen MR) is 126 cm³/mol. The Morgan fingerprint density at radius 1 is 0.943 bits per heavy atom. The van der Waals surface area contributed by atoms with E-state index in [0.717, 1.165) is 18.4 Å². The van der Waals surface area contributed by atoms with E-state index < -0.39 is 11.9 Å². The molecule has 0 N–H and O–H groups in total. The third-order valence-corrected chi connectivity index (χ3v) is 6.66. The molecule has 1 aliphatic heterocycles. The maximum atomic E-state index is 13.0. The van der Waals surface area contributed by atoms with Crippen molar-refractivity contribution in [1.82, 2.24) is 0 Å². The van der Waals surface area contributed by atoms with Crippen LogP contribution in [0.2, 0.25) is 0 Å². The molecule has 1 aromatic heterocycles. The normalized spacial score (nSPS) is 18.1. The first-order valence-corrected chi connectivity index (χ1v) is 12.1. The van der Waals surface area contributed by atoms with Gasteiger partial charge < -0.3 is 14.2 Å². The number of nitrogens with zero attached hydrogens (tertiary/aromatic N) is 1. The largest absolute Gasteiger partial charge is 0.490 e.